The van der Waals surface area contributed by atoms with Crippen LogP contribution in [-0.4, -0.2) is 25.7 Å². The SMILES string of the molecule is [C-]#[N+]c1c(Cl)c(C)c(C(=Nc2ccc(N(C)C)cc2C)C(=O)Nc2cc(Cl)ccc2C)c(C)c1Cl. The number of hydrogen-bond donors (Lipinski definition) is 1. The van der Waals surface area contributed by atoms with E-state index >= 15 is 0 Å². The van der Waals surface area contributed by atoms with E-state index in [1.54, 1.807) is 26.0 Å². The van der Waals surface area contributed by atoms with Crippen LogP contribution in [0.2, 0.25) is 15.1 Å². The normalized spacial score (nSPS) is 11.3. The predicted molar refractivity (Wildman–Crippen MR) is 149 cm³/mol. The second-order valence-corrected chi connectivity index (χ2v) is 9.64. The molecule has 8 heteroatoms. The van der Waals surface area contributed by atoms with E-state index in [9.17, 15) is 4.79 Å². The van der Waals surface area contributed by atoms with Crippen LogP contribution in [0.4, 0.5) is 22.7 Å². The third kappa shape index (κ3) is 5.46. The molecule has 0 bridgehead atoms. The van der Waals surface area contributed by atoms with E-state index < -0.39 is 5.91 Å². The number of nitrogens with one attached hydrogen (secondary N) is 1. The van der Waals surface area contributed by atoms with Gasteiger partial charge in [-0.3, -0.25) is 4.79 Å². The van der Waals surface area contributed by atoms with Crippen molar-refractivity contribution in [1.29, 1.82) is 0 Å². The molecule has 0 aliphatic carbocycles. The summed E-state index contributed by atoms with van der Waals surface area (Å²) in [6.45, 7) is 14.8. The summed E-state index contributed by atoms with van der Waals surface area (Å²) in [5, 5.41) is 3.83. The maximum Gasteiger partial charge on any atom is 0.274 e. The minimum Gasteiger partial charge on any atom is -0.378 e. The molecule has 0 saturated heterocycles. The number of carbonyl (C=O) groups excluding carboxylic acids is 1. The average Bonchev–Trinajstić information content (AvgIpc) is 2.80. The third-order valence-corrected chi connectivity index (χ3v) is 6.92. The van der Waals surface area contributed by atoms with Crippen LogP contribution >= 0.6 is 34.8 Å². The molecule has 180 valence electrons. The minimum absolute atomic E-state index is 0.139. The van der Waals surface area contributed by atoms with Gasteiger partial charge in [0, 0.05) is 36.1 Å². The van der Waals surface area contributed by atoms with Crippen molar-refractivity contribution in [3.8, 4) is 0 Å². The van der Waals surface area contributed by atoms with Crippen molar-refractivity contribution in [2.45, 2.75) is 27.7 Å². The van der Waals surface area contributed by atoms with Crippen molar-refractivity contribution in [3.05, 3.63) is 90.7 Å². The lowest BCUT2D eigenvalue weighted by Gasteiger charge is -2.19. The number of hydrogen-bond acceptors (Lipinski definition) is 3. The summed E-state index contributed by atoms with van der Waals surface area (Å²) in [5.41, 5.74) is 5.85. The summed E-state index contributed by atoms with van der Waals surface area (Å²) in [5.74, 6) is -0.444. The molecule has 0 aliphatic heterocycles. The number of benzene rings is 3. The first-order valence-electron chi connectivity index (χ1n) is 10.8. The van der Waals surface area contributed by atoms with Gasteiger partial charge in [-0.05, 0) is 80.3 Å². The van der Waals surface area contributed by atoms with Crippen LogP contribution in [0.25, 0.3) is 4.85 Å². The Morgan fingerprint density at radius 3 is 2.11 bits per heavy atom. The Morgan fingerprint density at radius 1 is 0.943 bits per heavy atom. The molecule has 3 aromatic rings. The molecule has 0 atom stereocenters. The Kier molecular flexibility index (Phi) is 8.12. The van der Waals surface area contributed by atoms with E-state index in [1.807, 2.05) is 57.1 Å². The Morgan fingerprint density at radius 2 is 1.57 bits per heavy atom. The van der Waals surface area contributed by atoms with E-state index in [2.05, 4.69) is 10.2 Å². The summed E-state index contributed by atoms with van der Waals surface area (Å²) < 4.78 is 0. The second kappa shape index (κ2) is 10.7. The van der Waals surface area contributed by atoms with Crippen molar-refractivity contribution in [2.75, 3.05) is 24.3 Å². The summed E-state index contributed by atoms with van der Waals surface area (Å²) in [6.07, 6.45) is 0. The molecule has 35 heavy (non-hydrogen) atoms. The van der Waals surface area contributed by atoms with E-state index in [0.29, 0.717) is 33.1 Å². The molecule has 5 nitrogen and oxygen atoms in total. The lowest BCUT2D eigenvalue weighted by atomic mass is 9.96. The highest BCUT2D eigenvalue weighted by molar-refractivity contribution is 6.51. The first-order chi connectivity index (χ1) is 16.5. The van der Waals surface area contributed by atoms with Gasteiger partial charge in [-0.2, -0.15) is 0 Å². The lowest BCUT2D eigenvalue weighted by Crippen LogP contribution is -2.26. The third-order valence-electron chi connectivity index (χ3n) is 5.76. The van der Waals surface area contributed by atoms with Gasteiger partial charge in [0.15, 0.2) is 0 Å². The van der Waals surface area contributed by atoms with Crippen molar-refractivity contribution >= 4 is 69.2 Å². The Labute approximate surface area is 221 Å². The quantitative estimate of drug-likeness (QED) is 0.268. The molecule has 0 spiro atoms. The van der Waals surface area contributed by atoms with Crippen LogP contribution in [-0.2, 0) is 4.79 Å². The maximum absolute atomic E-state index is 13.7. The molecular formula is C27H25Cl3N4O. The number of aliphatic imine (C=N–C) groups is 1. The van der Waals surface area contributed by atoms with Crippen molar-refractivity contribution < 1.29 is 4.79 Å². The van der Waals surface area contributed by atoms with E-state index in [-0.39, 0.29) is 21.4 Å². The smallest absolute Gasteiger partial charge is 0.274 e. The molecule has 1 amide bonds. The van der Waals surface area contributed by atoms with E-state index in [4.69, 9.17) is 46.4 Å². The summed E-state index contributed by atoms with van der Waals surface area (Å²) in [4.78, 5) is 24.0. The van der Waals surface area contributed by atoms with Gasteiger partial charge in [-0.15, -0.1) is 0 Å². The van der Waals surface area contributed by atoms with E-state index in [0.717, 1.165) is 16.8 Å². The number of carbonyl (C=O) groups is 1. The number of nitrogens with zero attached hydrogens (tertiary/aromatic N) is 3. The Balaban J connectivity index is 2.27. The molecular weight excluding hydrogens is 503 g/mol. The average molecular weight is 528 g/mol. The van der Waals surface area contributed by atoms with Crippen LogP contribution in [0, 0.1) is 34.3 Å². The van der Waals surface area contributed by atoms with Crippen LogP contribution < -0.4 is 10.2 Å². The molecule has 3 aromatic carbocycles. The monoisotopic (exact) mass is 526 g/mol. The fourth-order valence-electron chi connectivity index (χ4n) is 3.70. The van der Waals surface area contributed by atoms with Gasteiger partial charge in [0.2, 0.25) is 5.69 Å². The second-order valence-electron chi connectivity index (χ2n) is 8.45. The molecule has 0 unspecified atom stereocenters. The summed E-state index contributed by atoms with van der Waals surface area (Å²) in [7, 11) is 3.92. The summed E-state index contributed by atoms with van der Waals surface area (Å²) >= 11 is 19.2. The number of anilines is 2. The van der Waals surface area contributed by atoms with E-state index in [1.165, 1.54) is 0 Å². The zero-order valence-corrected chi connectivity index (χ0v) is 22.6. The van der Waals surface area contributed by atoms with Crippen molar-refractivity contribution in [2.24, 2.45) is 4.99 Å². The standard InChI is InChI=1S/C27H25Cl3N4O/c1-14-8-9-18(28)13-21(14)33-27(35)25(32-20-11-10-19(34(6)7)12-15(20)2)22-16(3)23(29)26(31-5)24(30)17(22)4/h8-13H,1-4,6-7H3,(H,33,35). The molecule has 0 heterocycles. The van der Waals surface area contributed by atoms with Gasteiger partial charge >= 0.3 is 0 Å². The van der Waals surface area contributed by atoms with Gasteiger partial charge in [0.05, 0.1) is 22.3 Å². The van der Waals surface area contributed by atoms with Gasteiger partial charge in [-0.25, -0.2) is 9.84 Å². The Bertz CT molecular complexity index is 1380. The molecule has 0 radical (unpaired) electrons. The zero-order valence-electron chi connectivity index (χ0n) is 20.3. The number of halogens is 3. The van der Waals surface area contributed by atoms with Gasteiger partial charge in [-0.1, -0.05) is 40.9 Å². The zero-order chi connectivity index (χ0) is 26.0. The van der Waals surface area contributed by atoms with Crippen LogP contribution in [0.1, 0.15) is 27.8 Å². The highest BCUT2D eigenvalue weighted by Gasteiger charge is 2.25. The summed E-state index contributed by atoms with van der Waals surface area (Å²) in [6, 6.07) is 11.1. The van der Waals surface area contributed by atoms with Crippen LogP contribution in [0.5, 0.6) is 0 Å². The largest absolute Gasteiger partial charge is 0.378 e. The predicted octanol–water partition coefficient (Wildman–Crippen LogP) is 8.26. The maximum atomic E-state index is 13.7. The van der Waals surface area contributed by atoms with Crippen molar-refractivity contribution in [1.82, 2.24) is 0 Å². The van der Waals surface area contributed by atoms with Crippen LogP contribution in [0.15, 0.2) is 41.4 Å². The molecule has 3 rings (SSSR count). The highest BCUT2D eigenvalue weighted by Crippen LogP contribution is 2.41. The van der Waals surface area contributed by atoms with Gasteiger partial charge in [0.25, 0.3) is 5.91 Å². The molecule has 0 aromatic heterocycles. The molecule has 1 N–H and O–H groups in total. The minimum atomic E-state index is -0.444. The first-order valence-corrected chi connectivity index (χ1v) is 11.9. The number of aryl methyl sites for hydroxylation is 2. The number of rotatable bonds is 5. The molecule has 0 aliphatic rings. The molecule has 0 saturated carbocycles. The highest BCUT2D eigenvalue weighted by atomic mass is 35.5. The lowest BCUT2D eigenvalue weighted by molar-refractivity contribution is -0.110. The first kappa shape index (κ1) is 26.6. The van der Waals surface area contributed by atoms with Crippen LogP contribution in [0.3, 0.4) is 0 Å². The van der Waals surface area contributed by atoms with Gasteiger partial charge < -0.3 is 10.2 Å². The van der Waals surface area contributed by atoms with Gasteiger partial charge in [0.1, 0.15) is 5.71 Å². The Hall–Kier alpha value is -3.04. The fraction of sp³-hybridized carbons (Fsp3) is 0.222. The van der Waals surface area contributed by atoms with Crippen molar-refractivity contribution in [3.63, 3.8) is 0 Å². The fourth-order valence-corrected chi connectivity index (χ4v) is 4.38. The topological polar surface area (TPSA) is 49.1 Å². The number of amides is 1. The molecule has 0 fully saturated rings.